The number of esters is 2. The molecule has 7 nitrogen and oxygen atoms in total. The molecule has 2 saturated carbocycles. The molecule has 8 heteroatoms. The second-order valence-corrected chi connectivity index (χ2v) is 11.8. The van der Waals surface area contributed by atoms with E-state index >= 15 is 4.39 Å². The summed E-state index contributed by atoms with van der Waals surface area (Å²) < 4.78 is 28.7. The Balaban J connectivity index is 1.80. The number of carbonyl (C=O) groups is 4. The maximum Gasteiger partial charge on any atom is 0.306 e. The van der Waals surface area contributed by atoms with E-state index in [0.717, 1.165) is 0 Å². The third-order valence-electron chi connectivity index (χ3n) is 9.94. The highest BCUT2D eigenvalue weighted by Crippen LogP contribution is 2.71. The molecule has 4 aliphatic carbocycles. The zero-order valence-corrected chi connectivity index (χ0v) is 22.5. The van der Waals surface area contributed by atoms with Gasteiger partial charge in [-0.25, -0.2) is 4.39 Å². The van der Waals surface area contributed by atoms with Crippen molar-refractivity contribution in [1.82, 2.24) is 0 Å². The predicted molar refractivity (Wildman–Crippen MR) is 133 cm³/mol. The van der Waals surface area contributed by atoms with E-state index in [1.807, 2.05) is 26.8 Å². The summed E-state index contributed by atoms with van der Waals surface area (Å²) in [5.41, 5.74) is -5.28. The second-order valence-electron chi connectivity index (χ2n) is 11.8. The van der Waals surface area contributed by atoms with Crippen LogP contribution in [0.5, 0.6) is 0 Å². The first kappa shape index (κ1) is 27.7. The largest absolute Gasteiger partial charge is 0.457 e. The summed E-state index contributed by atoms with van der Waals surface area (Å²) >= 11 is 0. The number of Topliss-reactive ketones (excluding diaryl/α,β-unsaturated/α-hetero) is 1. The second kappa shape index (κ2) is 9.44. The Morgan fingerprint density at radius 1 is 1.16 bits per heavy atom. The van der Waals surface area contributed by atoms with Crippen molar-refractivity contribution < 1.29 is 38.1 Å². The van der Waals surface area contributed by atoms with Gasteiger partial charge in [0.1, 0.15) is 0 Å². The van der Waals surface area contributed by atoms with Gasteiger partial charge < -0.3 is 14.6 Å². The van der Waals surface area contributed by atoms with Crippen molar-refractivity contribution >= 4 is 23.5 Å². The van der Waals surface area contributed by atoms with Gasteiger partial charge in [0.05, 0.1) is 6.10 Å². The fraction of sp³-hybridized carbons (Fsp3) is 0.724. The first-order chi connectivity index (χ1) is 17.3. The summed E-state index contributed by atoms with van der Waals surface area (Å²) in [6, 6.07) is 0. The van der Waals surface area contributed by atoms with Crippen molar-refractivity contribution in [3.05, 3.63) is 23.8 Å². The van der Waals surface area contributed by atoms with Crippen molar-refractivity contribution in [1.29, 1.82) is 0 Å². The molecular formula is C29H39FO7. The molecule has 0 aromatic carbocycles. The quantitative estimate of drug-likeness (QED) is 0.397. The van der Waals surface area contributed by atoms with Crippen LogP contribution in [0.25, 0.3) is 0 Å². The molecule has 4 rings (SSSR count). The number of aliphatic hydroxyl groups is 1. The molecule has 0 amide bonds. The summed E-state index contributed by atoms with van der Waals surface area (Å²) in [5.74, 6) is -3.24. The van der Waals surface area contributed by atoms with Crippen LogP contribution < -0.4 is 0 Å². The van der Waals surface area contributed by atoms with E-state index in [4.69, 9.17) is 9.47 Å². The first-order valence-electron chi connectivity index (χ1n) is 13.5. The molecule has 1 N–H and O–H groups in total. The van der Waals surface area contributed by atoms with Crippen molar-refractivity contribution in [2.75, 3.05) is 6.61 Å². The molecule has 0 spiro atoms. The van der Waals surface area contributed by atoms with Crippen LogP contribution in [-0.4, -0.2) is 52.6 Å². The highest BCUT2D eigenvalue weighted by molar-refractivity contribution is 5.94. The number of carbonyl (C=O) groups excluding carboxylic acids is 4. The van der Waals surface area contributed by atoms with Gasteiger partial charge in [0.2, 0.25) is 5.78 Å². The number of rotatable bonds is 7. The van der Waals surface area contributed by atoms with Crippen LogP contribution in [0.15, 0.2) is 23.8 Å². The number of halogens is 1. The Morgan fingerprint density at radius 2 is 1.86 bits per heavy atom. The molecule has 0 radical (unpaired) electrons. The van der Waals surface area contributed by atoms with Crippen LogP contribution in [0.3, 0.4) is 0 Å². The molecule has 4 aliphatic rings. The van der Waals surface area contributed by atoms with E-state index < -0.39 is 70.3 Å². The standard InChI is InChI=1S/C29H39FO7/c1-6-8-25(35)37-29(23(33)16-36-24(34)7-2)17(3)13-21-20-10-9-18-14-19(31)11-12-26(18,4)28(20,30)22(32)15-27(21,29)5/h9,11-12,17,20-22,32H,6-8,10,13-16H2,1-5H3/t17-,20-,21-,22-,26-,27-,28-,29?/m0/s1. The Bertz CT molecular complexity index is 1060. The number of ether oxygens (including phenoxy) is 2. The van der Waals surface area contributed by atoms with E-state index in [-0.39, 0.29) is 31.5 Å². The van der Waals surface area contributed by atoms with Crippen LogP contribution in [0.2, 0.25) is 0 Å². The molecule has 1 unspecified atom stereocenters. The normalized spacial score (nSPS) is 42.2. The summed E-state index contributed by atoms with van der Waals surface area (Å²) in [6.07, 6.45) is 4.91. The average molecular weight is 519 g/mol. The van der Waals surface area contributed by atoms with Crippen molar-refractivity contribution in [3.63, 3.8) is 0 Å². The van der Waals surface area contributed by atoms with E-state index in [1.165, 1.54) is 6.08 Å². The van der Waals surface area contributed by atoms with Crippen LogP contribution in [0, 0.1) is 28.6 Å². The minimum atomic E-state index is -2.06. The molecule has 0 heterocycles. The third kappa shape index (κ3) is 3.76. The monoisotopic (exact) mass is 518 g/mol. The molecule has 37 heavy (non-hydrogen) atoms. The van der Waals surface area contributed by atoms with Crippen LogP contribution in [-0.2, 0) is 28.7 Å². The number of hydrogen-bond donors (Lipinski definition) is 1. The minimum absolute atomic E-state index is 0.0931. The number of fused-ring (bicyclic) bond motifs is 5. The fourth-order valence-corrected chi connectivity index (χ4v) is 8.10. The summed E-state index contributed by atoms with van der Waals surface area (Å²) in [5, 5.41) is 11.6. The van der Waals surface area contributed by atoms with Crippen molar-refractivity contribution in [3.8, 4) is 0 Å². The molecule has 204 valence electrons. The topological polar surface area (TPSA) is 107 Å². The highest BCUT2D eigenvalue weighted by Gasteiger charge is 2.77. The van der Waals surface area contributed by atoms with Gasteiger partial charge in [-0.15, -0.1) is 0 Å². The SMILES string of the molecule is CCCC(=O)OC1(C(=O)COC(=O)CC)[C@@H](C)C[C@H]2[C@@H]3CC=C4CC(=O)C=C[C@]4(C)[C@@]3(F)[C@@H](O)C[C@@]21C. The lowest BCUT2D eigenvalue weighted by Gasteiger charge is -2.62. The molecule has 8 atom stereocenters. The Morgan fingerprint density at radius 3 is 2.51 bits per heavy atom. The van der Waals surface area contributed by atoms with Crippen molar-refractivity contribution in [2.45, 2.75) is 96.9 Å². The maximum atomic E-state index is 17.4. The number of aliphatic hydroxyl groups excluding tert-OH is 1. The van der Waals surface area contributed by atoms with E-state index in [9.17, 15) is 24.3 Å². The molecule has 2 fully saturated rings. The predicted octanol–water partition coefficient (Wildman–Crippen LogP) is 4.21. The zero-order chi connectivity index (χ0) is 27.4. The van der Waals surface area contributed by atoms with Gasteiger partial charge in [0.15, 0.2) is 23.7 Å². The lowest BCUT2D eigenvalue weighted by atomic mass is 9.45. The average Bonchev–Trinajstić information content (AvgIpc) is 3.05. The Kier molecular flexibility index (Phi) is 7.06. The Labute approximate surface area is 217 Å². The lowest BCUT2D eigenvalue weighted by molar-refractivity contribution is -0.225. The molecule has 0 aromatic rings. The molecule has 0 bridgehead atoms. The van der Waals surface area contributed by atoms with Gasteiger partial charge in [-0.1, -0.05) is 45.4 Å². The fourth-order valence-electron chi connectivity index (χ4n) is 8.10. The smallest absolute Gasteiger partial charge is 0.306 e. The first-order valence-corrected chi connectivity index (χ1v) is 13.5. The number of hydrogen-bond acceptors (Lipinski definition) is 7. The van der Waals surface area contributed by atoms with Gasteiger partial charge in [-0.2, -0.15) is 0 Å². The minimum Gasteiger partial charge on any atom is -0.457 e. The number of allylic oxidation sites excluding steroid dienone is 4. The lowest BCUT2D eigenvalue weighted by Crippen LogP contribution is -2.69. The number of alkyl halides is 1. The molecule has 0 aliphatic heterocycles. The Hall–Kier alpha value is -2.35. The van der Waals surface area contributed by atoms with Crippen LogP contribution >= 0.6 is 0 Å². The van der Waals surface area contributed by atoms with Gasteiger partial charge in [0.25, 0.3) is 0 Å². The highest BCUT2D eigenvalue weighted by atomic mass is 19.1. The zero-order valence-electron chi connectivity index (χ0n) is 22.5. The van der Waals surface area contributed by atoms with Gasteiger partial charge >= 0.3 is 11.9 Å². The molecular weight excluding hydrogens is 479 g/mol. The summed E-state index contributed by atoms with van der Waals surface area (Å²) in [4.78, 5) is 50.7. The maximum absolute atomic E-state index is 17.4. The van der Waals surface area contributed by atoms with Crippen LogP contribution in [0.1, 0.15) is 79.6 Å². The van der Waals surface area contributed by atoms with E-state index in [1.54, 1.807) is 19.9 Å². The summed E-state index contributed by atoms with van der Waals surface area (Å²) in [7, 11) is 0. The van der Waals surface area contributed by atoms with Gasteiger partial charge in [-0.3, -0.25) is 19.2 Å². The van der Waals surface area contributed by atoms with Crippen molar-refractivity contribution in [2.24, 2.45) is 28.6 Å². The van der Waals surface area contributed by atoms with Crippen LogP contribution in [0.4, 0.5) is 4.39 Å². The van der Waals surface area contributed by atoms with E-state index in [0.29, 0.717) is 24.8 Å². The molecule has 0 saturated heterocycles. The third-order valence-corrected chi connectivity index (χ3v) is 9.94. The van der Waals surface area contributed by atoms with Gasteiger partial charge in [-0.05, 0) is 44.6 Å². The molecule has 0 aromatic heterocycles. The van der Waals surface area contributed by atoms with E-state index in [2.05, 4.69) is 0 Å². The number of ketones is 2. The van der Waals surface area contributed by atoms with Gasteiger partial charge in [0, 0.05) is 41.9 Å². The summed E-state index contributed by atoms with van der Waals surface area (Å²) in [6.45, 7) is 8.27.